The third-order valence-corrected chi connectivity index (χ3v) is 3.14. The summed E-state index contributed by atoms with van der Waals surface area (Å²) >= 11 is 0. The largest absolute Gasteiger partial charge is 0.476 e. The molecule has 0 aliphatic heterocycles. The number of carbonyl (C=O) groups excluding carboxylic acids is 2. The predicted octanol–water partition coefficient (Wildman–Crippen LogP) is -1.23. The van der Waals surface area contributed by atoms with Gasteiger partial charge in [0.25, 0.3) is 5.91 Å². The molecule has 26 heavy (non-hydrogen) atoms. The van der Waals surface area contributed by atoms with Gasteiger partial charge in [0.1, 0.15) is 18.9 Å². The lowest BCUT2D eigenvalue weighted by Crippen LogP contribution is -2.36. The molecule has 2 amide bonds. The van der Waals surface area contributed by atoms with E-state index in [-0.39, 0.29) is 36.6 Å². The number of aromatic nitrogens is 4. The lowest BCUT2D eigenvalue weighted by Gasteiger charge is -2.06. The van der Waals surface area contributed by atoms with Gasteiger partial charge in [0, 0.05) is 26.3 Å². The molecule has 0 unspecified atom stereocenters. The van der Waals surface area contributed by atoms with Gasteiger partial charge >= 0.3 is 11.7 Å². The first-order valence-corrected chi connectivity index (χ1v) is 7.26. The van der Waals surface area contributed by atoms with E-state index in [4.69, 9.17) is 5.11 Å². The van der Waals surface area contributed by atoms with Crippen molar-refractivity contribution in [3.05, 3.63) is 40.0 Å². The molecule has 13 nitrogen and oxygen atoms in total. The molecule has 138 valence electrons. The van der Waals surface area contributed by atoms with Crippen molar-refractivity contribution in [3.63, 3.8) is 0 Å². The van der Waals surface area contributed by atoms with Crippen LogP contribution in [0.1, 0.15) is 20.8 Å². The first-order valence-electron chi connectivity index (χ1n) is 7.26. The first kappa shape index (κ1) is 18.6. The van der Waals surface area contributed by atoms with Crippen LogP contribution in [0.3, 0.4) is 0 Å². The van der Waals surface area contributed by atoms with E-state index < -0.39 is 22.7 Å². The van der Waals surface area contributed by atoms with Crippen LogP contribution in [0, 0.1) is 10.1 Å². The van der Waals surface area contributed by atoms with Gasteiger partial charge in [0.15, 0.2) is 5.69 Å². The Kier molecular flexibility index (Phi) is 5.62. The van der Waals surface area contributed by atoms with Crippen molar-refractivity contribution in [2.45, 2.75) is 6.54 Å². The number of hydrogen-bond donors (Lipinski definition) is 3. The molecule has 0 spiro atoms. The minimum atomic E-state index is -1.32. The number of nitrogens with one attached hydrogen (secondary N) is 2. The van der Waals surface area contributed by atoms with E-state index in [2.05, 4.69) is 20.8 Å². The zero-order valence-electron chi connectivity index (χ0n) is 13.6. The summed E-state index contributed by atoms with van der Waals surface area (Å²) in [6.45, 7) is -0.0814. The van der Waals surface area contributed by atoms with E-state index >= 15 is 0 Å². The van der Waals surface area contributed by atoms with E-state index in [1.54, 1.807) is 0 Å². The topological polar surface area (TPSA) is 174 Å². The molecule has 0 saturated carbocycles. The fraction of sp³-hybridized carbons (Fsp3) is 0.308. The number of aromatic carboxylic acids is 1. The van der Waals surface area contributed by atoms with Gasteiger partial charge in [-0.3, -0.25) is 29.1 Å². The first-order chi connectivity index (χ1) is 12.3. The fourth-order valence-electron chi connectivity index (χ4n) is 2.02. The zero-order valence-corrected chi connectivity index (χ0v) is 13.6. The van der Waals surface area contributed by atoms with Crippen molar-refractivity contribution in [2.75, 3.05) is 13.1 Å². The highest BCUT2D eigenvalue weighted by Gasteiger charge is 2.20. The minimum Gasteiger partial charge on any atom is -0.476 e. The Morgan fingerprint density at radius 2 is 1.96 bits per heavy atom. The summed E-state index contributed by atoms with van der Waals surface area (Å²) in [5.74, 6) is -2.41. The number of rotatable bonds is 8. The molecule has 2 heterocycles. The number of aryl methyl sites for hydroxylation is 1. The molecule has 0 atom stereocenters. The summed E-state index contributed by atoms with van der Waals surface area (Å²) in [6, 6.07) is 0. The van der Waals surface area contributed by atoms with Crippen LogP contribution in [0.2, 0.25) is 0 Å². The summed E-state index contributed by atoms with van der Waals surface area (Å²) in [7, 11) is 1.49. The lowest BCUT2D eigenvalue weighted by atomic mass is 10.2. The van der Waals surface area contributed by atoms with Crippen molar-refractivity contribution < 1.29 is 24.4 Å². The fourth-order valence-corrected chi connectivity index (χ4v) is 2.02. The van der Waals surface area contributed by atoms with Gasteiger partial charge in [-0.15, -0.1) is 0 Å². The van der Waals surface area contributed by atoms with Gasteiger partial charge in [-0.1, -0.05) is 0 Å². The summed E-state index contributed by atoms with van der Waals surface area (Å²) in [4.78, 5) is 44.6. The summed E-state index contributed by atoms with van der Waals surface area (Å²) in [5.41, 5.74) is -0.680. The molecule has 0 fully saturated rings. The summed E-state index contributed by atoms with van der Waals surface area (Å²) in [5, 5.41) is 31.8. The SMILES string of the molecule is Cn1cc(C(=O)NCCNC(=O)Cn2cc([N+](=O)[O-])cn2)c(C(=O)O)n1. The standard InChI is InChI=1S/C13H15N7O6/c1-18-6-9(11(17-18)13(23)24)12(22)15-3-2-14-10(21)7-19-5-8(4-16-19)20(25)26/h4-6H,2-3,7H2,1H3,(H,14,21)(H,15,22)(H,23,24). The van der Waals surface area contributed by atoms with Crippen LogP contribution in [0.5, 0.6) is 0 Å². The van der Waals surface area contributed by atoms with Crippen LogP contribution in [-0.2, 0) is 18.4 Å². The maximum atomic E-state index is 12.0. The molecule has 0 aliphatic carbocycles. The second-order valence-corrected chi connectivity index (χ2v) is 5.13. The van der Waals surface area contributed by atoms with Crippen molar-refractivity contribution >= 4 is 23.5 Å². The van der Waals surface area contributed by atoms with Crippen LogP contribution in [-0.4, -0.2) is 60.5 Å². The van der Waals surface area contributed by atoms with Gasteiger partial charge in [-0.05, 0) is 0 Å². The molecule has 0 bridgehead atoms. The van der Waals surface area contributed by atoms with Crippen LogP contribution >= 0.6 is 0 Å². The second kappa shape index (κ2) is 7.87. The van der Waals surface area contributed by atoms with Crippen molar-refractivity contribution in [1.82, 2.24) is 30.2 Å². The Morgan fingerprint density at radius 3 is 2.58 bits per heavy atom. The third kappa shape index (κ3) is 4.62. The van der Waals surface area contributed by atoms with E-state index in [1.165, 1.54) is 17.9 Å². The van der Waals surface area contributed by atoms with Crippen molar-refractivity contribution in [2.24, 2.45) is 7.05 Å². The Labute approximate surface area is 145 Å². The summed E-state index contributed by atoms with van der Waals surface area (Å²) < 4.78 is 2.32. The number of amides is 2. The molecule has 0 saturated heterocycles. The number of hydrogen-bond acceptors (Lipinski definition) is 7. The number of carboxylic acids is 1. The van der Waals surface area contributed by atoms with Gasteiger partial charge in [-0.2, -0.15) is 10.2 Å². The van der Waals surface area contributed by atoms with Crippen molar-refractivity contribution in [3.8, 4) is 0 Å². The monoisotopic (exact) mass is 365 g/mol. The molecule has 2 aromatic heterocycles. The number of nitro groups is 1. The van der Waals surface area contributed by atoms with Crippen LogP contribution < -0.4 is 10.6 Å². The van der Waals surface area contributed by atoms with Gasteiger partial charge in [0.05, 0.1) is 10.5 Å². The van der Waals surface area contributed by atoms with Crippen molar-refractivity contribution in [1.29, 1.82) is 0 Å². The number of carbonyl (C=O) groups is 3. The number of nitrogens with zero attached hydrogens (tertiary/aromatic N) is 5. The van der Waals surface area contributed by atoms with E-state index in [0.29, 0.717) is 0 Å². The smallest absolute Gasteiger partial charge is 0.357 e. The Hall–Kier alpha value is -3.77. The highest BCUT2D eigenvalue weighted by atomic mass is 16.6. The highest BCUT2D eigenvalue weighted by molar-refractivity contribution is 6.03. The molecule has 2 rings (SSSR count). The lowest BCUT2D eigenvalue weighted by molar-refractivity contribution is -0.385. The van der Waals surface area contributed by atoms with Gasteiger partial charge < -0.3 is 15.7 Å². The third-order valence-electron chi connectivity index (χ3n) is 3.14. The summed E-state index contributed by atoms with van der Waals surface area (Å²) in [6.07, 6.45) is 3.43. The quantitative estimate of drug-likeness (QED) is 0.296. The highest BCUT2D eigenvalue weighted by Crippen LogP contribution is 2.07. The molecule has 0 aliphatic rings. The molecule has 0 aromatic carbocycles. The molecule has 3 N–H and O–H groups in total. The maximum absolute atomic E-state index is 12.0. The average Bonchev–Trinajstić information content (AvgIpc) is 3.18. The molecule has 2 aromatic rings. The van der Waals surface area contributed by atoms with Gasteiger partial charge in [-0.25, -0.2) is 4.79 Å². The molecule has 13 heteroatoms. The van der Waals surface area contributed by atoms with Gasteiger partial charge in [0.2, 0.25) is 5.91 Å². The minimum absolute atomic E-state index is 0.0534. The Morgan fingerprint density at radius 1 is 1.27 bits per heavy atom. The predicted molar refractivity (Wildman–Crippen MR) is 84.4 cm³/mol. The Bertz CT molecular complexity index is 855. The Balaban J connectivity index is 1.77. The zero-order chi connectivity index (χ0) is 19.3. The van der Waals surface area contributed by atoms with Crippen LogP contribution in [0.15, 0.2) is 18.6 Å². The molecular formula is C13H15N7O6. The number of carboxylic acid groups (broad SMARTS) is 1. The van der Waals surface area contributed by atoms with E-state index in [9.17, 15) is 24.5 Å². The normalized spacial score (nSPS) is 10.3. The molecular weight excluding hydrogens is 350 g/mol. The average molecular weight is 365 g/mol. The second-order valence-electron chi connectivity index (χ2n) is 5.13. The maximum Gasteiger partial charge on any atom is 0.357 e. The molecule has 0 radical (unpaired) electrons. The van der Waals surface area contributed by atoms with Crippen LogP contribution in [0.25, 0.3) is 0 Å². The van der Waals surface area contributed by atoms with E-state index in [0.717, 1.165) is 17.1 Å². The van der Waals surface area contributed by atoms with Crippen LogP contribution in [0.4, 0.5) is 5.69 Å². The van der Waals surface area contributed by atoms with E-state index in [1.807, 2.05) is 0 Å².